The number of hydrogen-bond acceptors (Lipinski definition) is 5. The molecule has 0 aliphatic carbocycles. The summed E-state index contributed by atoms with van der Waals surface area (Å²) in [5.41, 5.74) is 3.39. The first-order valence-corrected chi connectivity index (χ1v) is 8.88. The Hall–Kier alpha value is -3.67. The Labute approximate surface area is 179 Å². The molecule has 2 aromatic rings. The van der Waals surface area contributed by atoms with Gasteiger partial charge in [0.15, 0.2) is 6.10 Å². The van der Waals surface area contributed by atoms with Crippen molar-refractivity contribution < 1.29 is 41.7 Å². The molecule has 0 bridgehead atoms. The zero-order valence-corrected chi connectivity index (χ0v) is 16.9. The molecule has 0 heterocycles. The molecular weight excluding hydrogens is 438 g/mol. The third kappa shape index (κ3) is 5.32. The molecule has 0 fully saturated rings. The largest absolute Gasteiger partial charge is 0.497 e. The molecule has 1 atom stereocenters. The van der Waals surface area contributed by atoms with E-state index in [4.69, 9.17) is 25.7 Å². The van der Waals surface area contributed by atoms with Gasteiger partial charge in [0, 0.05) is 30.4 Å². The number of rotatable bonds is 9. The third-order valence-corrected chi connectivity index (χ3v) is 4.45. The first-order valence-electron chi connectivity index (χ1n) is 8.88. The second-order valence-electron chi connectivity index (χ2n) is 6.54. The highest BCUT2D eigenvalue weighted by Gasteiger charge is 2.33. The number of halogens is 4. The quantitative estimate of drug-likeness (QED) is 0.302. The molecule has 0 saturated carbocycles. The Bertz CT molecular complexity index is 1020. The average molecular weight is 457 g/mol. The predicted octanol–water partition coefficient (Wildman–Crippen LogP) is 2.34. The summed E-state index contributed by atoms with van der Waals surface area (Å²) in [4.78, 5) is 24.7. The number of nitrogen functional groups attached to an aromatic ring is 1. The molecule has 8 nitrogen and oxygen atoms in total. The van der Waals surface area contributed by atoms with Gasteiger partial charge in [-0.05, 0) is 12.1 Å². The van der Waals surface area contributed by atoms with Crippen LogP contribution < -0.4 is 10.5 Å². The number of nitrogens with one attached hydrogen (secondary N) is 1. The van der Waals surface area contributed by atoms with E-state index in [1.54, 1.807) is 0 Å². The van der Waals surface area contributed by atoms with Crippen LogP contribution in [0.15, 0.2) is 24.3 Å². The van der Waals surface area contributed by atoms with Crippen molar-refractivity contribution in [3.05, 3.63) is 64.2 Å². The van der Waals surface area contributed by atoms with Crippen molar-refractivity contribution >= 4 is 17.7 Å². The van der Waals surface area contributed by atoms with E-state index in [1.165, 1.54) is 7.11 Å². The van der Waals surface area contributed by atoms with Crippen LogP contribution in [0, 0.1) is 28.7 Å². The molecule has 0 aliphatic heterocycles. The predicted molar refractivity (Wildman–Crippen MR) is 103 cm³/mol. The van der Waals surface area contributed by atoms with Crippen LogP contribution in [0.25, 0.3) is 0 Å². The Morgan fingerprint density at radius 3 is 2.00 bits per heavy atom. The summed E-state index contributed by atoms with van der Waals surface area (Å²) in [5.74, 6) is -8.41. The van der Waals surface area contributed by atoms with Gasteiger partial charge >= 0.3 is 5.97 Å². The number of nitrogens with two attached hydrogens (primary N) is 1. The lowest BCUT2D eigenvalue weighted by Crippen LogP contribution is -2.40. The van der Waals surface area contributed by atoms with Gasteiger partial charge in [0.05, 0.1) is 19.2 Å². The van der Waals surface area contributed by atoms with Crippen LogP contribution in [0.5, 0.6) is 5.75 Å². The number of amides is 1. The van der Waals surface area contributed by atoms with Crippen LogP contribution >= 0.6 is 0 Å². The van der Waals surface area contributed by atoms with Crippen LogP contribution in [0.1, 0.15) is 22.8 Å². The van der Waals surface area contributed by atoms with E-state index in [1.807, 2.05) is 0 Å². The molecule has 1 unspecified atom stereocenters. The van der Waals surface area contributed by atoms with E-state index in [0.717, 1.165) is 31.4 Å². The minimum atomic E-state index is -1.96. The van der Waals surface area contributed by atoms with Gasteiger partial charge in [-0.25, -0.2) is 17.6 Å². The highest BCUT2D eigenvalue weighted by atomic mass is 19.1. The second-order valence-corrected chi connectivity index (χ2v) is 6.54. The maximum Gasteiger partial charge on any atom is 0.323 e. The minimum absolute atomic E-state index is 0.178. The molecule has 0 aromatic heterocycles. The first kappa shape index (κ1) is 24.6. The fraction of sp³-hybridized carbons (Fsp3) is 0.250. The number of amidine groups is 1. The molecule has 0 aliphatic rings. The van der Waals surface area contributed by atoms with Crippen LogP contribution in [0.3, 0.4) is 0 Å². The third-order valence-electron chi connectivity index (χ3n) is 4.45. The molecule has 0 saturated heterocycles. The van der Waals surface area contributed by atoms with E-state index in [2.05, 4.69) is 0 Å². The molecular formula is C20H19F4N3O5. The smallest absolute Gasteiger partial charge is 0.323 e. The number of carboxylic acids is 1. The zero-order chi connectivity index (χ0) is 24.2. The highest BCUT2D eigenvalue weighted by molar-refractivity contribution is 5.95. The topological polar surface area (TPSA) is 126 Å². The summed E-state index contributed by atoms with van der Waals surface area (Å²) in [6.07, 6.45) is -1.96. The summed E-state index contributed by atoms with van der Waals surface area (Å²) in [6, 6.07) is 3.06. The van der Waals surface area contributed by atoms with E-state index < -0.39 is 71.3 Å². The van der Waals surface area contributed by atoms with Crippen molar-refractivity contribution in [1.82, 2.24) is 4.90 Å². The van der Waals surface area contributed by atoms with Crippen molar-refractivity contribution in [2.75, 3.05) is 20.8 Å². The number of benzene rings is 2. The lowest BCUT2D eigenvalue weighted by atomic mass is 10.0. The number of carbonyl (C=O) groups is 2. The number of hydrogen-bond donors (Lipinski definition) is 3. The number of methoxy groups -OCH3 is 2. The van der Waals surface area contributed by atoms with Gasteiger partial charge in [0.1, 0.15) is 41.4 Å². The maximum atomic E-state index is 14.5. The normalized spacial score (nSPS) is 11.7. The zero-order valence-electron chi connectivity index (χ0n) is 16.9. The van der Waals surface area contributed by atoms with E-state index in [-0.39, 0.29) is 11.3 Å². The second kappa shape index (κ2) is 10.1. The van der Waals surface area contributed by atoms with Crippen molar-refractivity contribution in [2.45, 2.75) is 12.6 Å². The molecule has 2 aromatic carbocycles. The fourth-order valence-corrected chi connectivity index (χ4v) is 2.91. The van der Waals surface area contributed by atoms with Crippen LogP contribution in [0.2, 0.25) is 0 Å². The molecule has 0 radical (unpaired) electrons. The van der Waals surface area contributed by atoms with E-state index >= 15 is 0 Å². The van der Waals surface area contributed by atoms with E-state index in [0.29, 0.717) is 4.90 Å². The maximum absolute atomic E-state index is 14.5. The number of nitrogens with zero attached hydrogens (tertiary/aromatic N) is 1. The number of aliphatic carboxylic acids is 1. The van der Waals surface area contributed by atoms with Gasteiger partial charge in [0.25, 0.3) is 5.91 Å². The van der Waals surface area contributed by atoms with Gasteiger partial charge in [0.2, 0.25) is 0 Å². The Morgan fingerprint density at radius 1 is 1.06 bits per heavy atom. The van der Waals surface area contributed by atoms with Crippen LogP contribution in [-0.4, -0.2) is 48.5 Å². The van der Waals surface area contributed by atoms with Crippen LogP contribution in [-0.2, 0) is 20.9 Å². The van der Waals surface area contributed by atoms with Crippen molar-refractivity contribution in [2.24, 2.45) is 5.73 Å². The SMILES string of the molecule is COc1cc(F)c(C(OC)C(=O)N(CC(=O)O)Cc2c(F)cc(C(=N)N)cc2F)c(F)c1. The monoisotopic (exact) mass is 457 g/mol. The Morgan fingerprint density at radius 2 is 1.59 bits per heavy atom. The molecule has 32 heavy (non-hydrogen) atoms. The lowest BCUT2D eigenvalue weighted by molar-refractivity contribution is -0.151. The van der Waals surface area contributed by atoms with Gasteiger partial charge in [-0.15, -0.1) is 0 Å². The summed E-state index contributed by atoms with van der Waals surface area (Å²) in [6.45, 7) is -1.95. The summed E-state index contributed by atoms with van der Waals surface area (Å²) in [5, 5.41) is 16.4. The Kier molecular flexibility index (Phi) is 7.76. The molecule has 12 heteroatoms. The summed E-state index contributed by atoms with van der Waals surface area (Å²) in [7, 11) is 2.12. The summed E-state index contributed by atoms with van der Waals surface area (Å²) >= 11 is 0. The minimum Gasteiger partial charge on any atom is -0.497 e. The number of carboxylic acid groups (broad SMARTS) is 1. The van der Waals surface area contributed by atoms with Crippen molar-refractivity contribution in [1.29, 1.82) is 5.41 Å². The molecule has 0 spiro atoms. The molecule has 1 amide bonds. The fourth-order valence-electron chi connectivity index (χ4n) is 2.91. The van der Waals surface area contributed by atoms with Gasteiger partial charge in [-0.2, -0.15) is 0 Å². The first-order chi connectivity index (χ1) is 15.0. The number of ether oxygens (including phenoxy) is 2. The number of carbonyl (C=O) groups excluding carboxylic acids is 1. The van der Waals surface area contributed by atoms with E-state index in [9.17, 15) is 27.2 Å². The van der Waals surface area contributed by atoms with Gasteiger partial charge < -0.3 is 25.2 Å². The van der Waals surface area contributed by atoms with Gasteiger partial charge in [-0.1, -0.05) is 0 Å². The van der Waals surface area contributed by atoms with Crippen LogP contribution in [0.4, 0.5) is 17.6 Å². The Balaban J connectivity index is 2.48. The average Bonchev–Trinajstić information content (AvgIpc) is 2.71. The molecule has 4 N–H and O–H groups in total. The molecule has 2 rings (SSSR count). The summed E-state index contributed by atoms with van der Waals surface area (Å²) < 4.78 is 67.4. The standard InChI is InChI=1S/C20H19F4N3O5/c1-31-10-5-14(23)17(15(24)6-10)18(32-2)20(30)27(8-16(28)29)7-11-12(21)3-9(19(25)26)4-13(11)22/h3-6,18H,7-8H2,1-2H3,(H3,25,26)(H,28,29). The van der Waals surface area contributed by atoms with Crippen molar-refractivity contribution in [3.8, 4) is 5.75 Å². The lowest BCUT2D eigenvalue weighted by Gasteiger charge is -2.26. The molecule has 172 valence electrons. The van der Waals surface area contributed by atoms with Crippen molar-refractivity contribution in [3.63, 3.8) is 0 Å². The highest BCUT2D eigenvalue weighted by Crippen LogP contribution is 2.30. The van der Waals surface area contributed by atoms with Gasteiger partial charge in [-0.3, -0.25) is 15.0 Å².